The van der Waals surface area contributed by atoms with Gasteiger partial charge in [-0.25, -0.2) is 22.4 Å². The summed E-state index contributed by atoms with van der Waals surface area (Å²) in [7, 11) is -3.82. The van der Waals surface area contributed by atoms with Gasteiger partial charge in [0.2, 0.25) is 10.0 Å². The summed E-state index contributed by atoms with van der Waals surface area (Å²) >= 11 is 0. The molecule has 0 saturated heterocycles. The Hall–Kier alpha value is -5.78. The molecule has 0 amide bonds. The van der Waals surface area contributed by atoms with Gasteiger partial charge >= 0.3 is 23.1 Å². The van der Waals surface area contributed by atoms with Gasteiger partial charge in [-0.1, -0.05) is 48.9 Å². The average molecular weight is 705 g/mol. The lowest BCUT2D eigenvalue weighted by atomic mass is 9.93. The zero-order chi connectivity index (χ0) is 36.1. The van der Waals surface area contributed by atoms with Gasteiger partial charge < -0.3 is 20.8 Å². The molecule has 0 saturated carbocycles. The van der Waals surface area contributed by atoms with Crippen molar-refractivity contribution in [3.05, 3.63) is 120 Å². The van der Waals surface area contributed by atoms with Gasteiger partial charge in [-0.15, -0.1) is 0 Å². The first-order chi connectivity index (χ1) is 24.5. The molecule has 6 rings (SSSR count). The van der Waals surface area contributed by atoms with E-state index in [1.807, 2.05) is 73.7 Å². The Morgan fingerprint density at radius 3 is 2.00 bits per heavy atom. The van der Waals surface area contributed by atoms with Crippen LogP contribution in [-0.4, -0.2) is 37.1 Å². The fourth-order valence-corrected chi connectivity index (χ4v) is 7.49. The predicted molar refractivity (Wildman–Crippen MR) is 201 cm³/mol. The molecule has 10 nitrogen and oxygen atoms in total. The number of rotatable bonds is 14. The van der Waals surface area contributed by atoms with Gasteiger partial charge in [0.15, 0.2) is 0 Å². The highest BCUT2D eigenvalue weighted by Gasteiger charge is 2.25. The largest absolute Gasteiger partial charge is 0.481 e. The molecule has 1 aromatic heterocycles. The maximum absolute atomic E-state index is 13.2. The summed E-state index contributed by atoms with van der Waals surface area (Å²) < 4.78 is 35.6. The minimum absolute atomic E-state index is 0.0566. The van der Waals surface area contributed by atoms with Crippen molar-refractivity contribution in [2.45, 2.75) is 44.4 Å². The van der Waals surface area contributed by atoms with Gasteiger partial charge in [-0.05, 0) is 91.9 Å². The van der Waals surface area contributed by atoms with Crippen LogP contribution in [0.1, 0.15) is 47.2 Å². The first kappa shape index (κ1) is 35.1. The van der Waals surface area contributed by atoms with Gasteiger partial charge in [-0.3, -0.25) is 4.79 Å². The number of benzene rings is 5. The molecule has 5 N–H and O–H groups in total. The van der Waals surface area contributed by atoms with E-state index in [0.29, 0.717) is 58.3 Å². The lowest BCUT2D eigenvalue weighted by molar-refractivity contribution is -0.137. The summed E-state index contributed by atoms with van der Waals surface area (Å²) in [5, 5.41) is 27.2. The van der Waals surface area contributed by atoms with Crippen LogP contribution in [0.5, 0.6) is 0 Å². The van der Waals surface area contributed by atoms with Crippen molar-refractivity contribution in [2.75, 3.05) is 17.2 Å². The van der Waals surface area contributed by atoms with Crippen molar-refractivity contribution < 1.29 is 32.6 Å². The molecular formula is C40H38N3O7S+. The first-order valence-corrected chi connectivity index (χ1v) is 18.1. The number of aromatic carboxylic acids is 1. The third kappa shape index (κ3) is 7.85. The Morgan fingerprint density at radius 1 is 0.706 bits per heavy atom. The second-order valence-corrected chi connectivity index (χ2v) is 14.1. The van der Waals surface area contributed by atoms with Crippen LogP contribution in [-0.2, 0) is 14.8 Å². The van der Waals surface area contributed by atoms with E-state index < -0.39 is 22.0 Å². The SMILES string of the molecule is Cc1ccccc1Nc1ccc2c(-c3ccccc3C(=O)O)c3ccc(Nc4cccc(S(=O)(=O)NCCCCCC(=O)O)c4C)cc3[o+]c2c1. The van der Waals surface area contributed by atoms with Crippen LogP contribution in [0.2, 0.25) is 0 Å². The van der Waals surface area contributed by atoms with E-state index in [1.54, 1.807) is 43.3 Å². The number of aryl methyl sites for hydroxylation is 1. The van der Waals surface area contributed by atoms with Crippen LogP contribution < -0.4 is 15.4 Å². The molecular weight excluding hydrogens is 667 g/mol. The third-order valence-electron chi connectivity index (χ3n) is 8.78. The molecule has 260 valence electrons. The summed E-state index contributed by atoms with van der Waals surface area (Å²) in [5.74, 6) is -1.91. The molecule has 0 aliphatic rings. The zero-order valence-electron chi connectivity index (χ0n) is 28.2. The monoisotopic (exact) mass is 704 g/mol. The Morgan fingerprint density at radius 2 is 1.33 bits per heavy atom. The number of hydrogen-bond acceptors (Lipinski definition) is 6. The minimum atomic E-state index is -3.82. The van der Waals surface area contributed by atoms with E-state index in [1.165, 1.54) is 0 Å². The predicted octanol–water partition coefficient (Wildman–Crippen LogP) is 9.26. The molecule has 5 aromatic carbocycles. The van der Waals surface area contributed by atoms with Crippen LogP contribution >= 0.6 is 0 Å². The number of sulfonamides is 1. The van der Waals surface area contributed by atoms with E-state index in [9.17, 15) is 23.1 Å². The highest BCUT2D eigenvalue weighted by atomic mass is 32.2. The number of unbranched alkanes of at least 4 members (excludes halogenated alkanes) is 2. The third-order valence-corrected chi connectivity index (χ3v) is 10.4. The fraction of sp³-hybridized carbons (Fsp3) is 0.175. The minimum Gasteiger partial charge on any atom is -0.481 e. The number of carbonyl (C=O) groups is 2. The molecule has 0 spiro atoms. The molecule has 0 bridgehead atoms. The van der Waals surface area contributed by atoms with Gasteiger partial charge in [0.1, 0.15) is 0 Å². The standard InChI is InChI=1S/C40H37N3O7S/c1-25-11-5-8-14-33(25)42-27-18-20-31-35(23-27)50-36-24-28(19-21-32(36)39(31)29-12-6-7-13-30(29)40(46)47)43-34-15-10-16-37(26(34)2)51(48,49)41-22-9-3-4-17-38(44)45/h5-8,10-16,18-21,23-24,41-43H,3-4,9,17,22H2,1-2H3,(H-,44,45,46,47)/p+1. The van der Waals surface area contributed by atoms with Crippen molar-refractivity contribution in [2.24, 2.45) is 0 Å². The highest BCUT2D eigenvalue weighted by molar-refractivity contribution is 7.89. The molecule has 0 aliphatic heterocycles. The molecule has 51 heavy (non-hydrogen) atoms. The normalized spacial score (nSPS) is 11.5. The van der Waals surface area contributed by atoms with Crippen molar-refractivity contribution in [3.63, 3.8) is 0 Å². The molecule has 0 radical (unpaired) electrons. The maximum atomic E-state index is 13.2. The molecule has 1 heterocycles. The van der Waals surface area contributed by atoms with Gasteiger partial charge in [0.25, 0.3) is 0 Å². The summed E-state index contributed by atoms with van der Waals surface area (Å²) in [6, 6.07) is 31.1. The lowest BCUT2D eigenvalue weighted by Crippen LogP contribution is -2.25. The molecule has 11 heteroatoms. The van der Waals surface area contributed by atoms with Crippen LogP contribution in [0.15, 0.2) is 112 Å². The van der Waals surface area contributed by atoms with Gasteiger partial charge in [0, 0.05) is 41.3 Å². The van der Waals surface area contributed by atoms with E-state index >= 15 is 0 Å². The number of fused-ring (bicyclic) bond motifs is 2. The molecule has 6 aromatic rings. The van der Waals surface area contributed by atoms with E-state index in [0.717, 1.165) is 27.9 Å². The number of anilines is 4. The van der Waals surface area contributed by atoms with Crippen molar-refractivity contribution in [1.29, 1.82) is 0 Å². The fourth-order valence-electron chi connectivity index (χ4n) is 6.15. The smallest absolute Gasteiger partial charge is 0.363 e. The molecule has 0 aliphatic carbocycles. The summed E-state index contributed by atoms with van der Waals surface area (Å²) in [4.78, 5) is 23.2. The maximum Gasteiger partial charge on any atom is 0.363 e. The Balaban J connectivity index is 1.37. The van der Waals surface area contributed by atoms with Crippen LogP contribution in [0.25, 0.3) is 33.1 Å². The van der Waals surface area contributed by atoms with Crippen LogP contribution in [0, 0.1) is 13.8 Å². The van der Waals surface area contributed by atoms with Crippen LogP contribution in [0.4, 0.5) is 22.7 Å². The van der Waals surface area contributed by atoms with E-state index in [-0.39, 0.29) is 23.4 Å². The highest BCUT2D eigenvalue weighted by Crippen LogP contribution is 2.40. The Labute approximate surface area is 295 Å². The summed E-state index contributed by atoms with van der Waals surface area (Å²) in [6.45, 7) is 3.95. The van der Waals surface area contributed by atoms with Crippen LogP contribution in [0.3, 0.4) is 0 Å². The Bertz CT molecular complexity index is 2390. The number of carboxylic acid groups (broad SMARTS) is 2. The summed E-state index contributed by atoms with van der Waals surface area (Å²) in [6.07, 6.45) is 1.68. The number of hydrogen-bond donors (Lipinski definition) is 5. The quantitative estimate of drug-likeness (QED) is 0.0424. The van der Waals surface area contributed by atoms with Gasteiger partial charge in [0.05, 0.1) is 33.4 Å². The second kappa shape index (κ2) is 15.0. The summed E-state index contributed by atoms with van der Waals surface area (Å²) in [5.41, 5.74) is 7.06. The topological polar surface area (TPSA) is 156 Å². The second-order valence-electron chi connectivity index (χ2n) is 12.3. The lowest BCUT2D eigenvalue weighted by Gasteiger charge is -2.15. The number of carboxylic acids is 2. The number of aliphatic carboxylic acids is 1. The average Bonchev–Trinajstić information content (AvgIpc) is 3.10. The van der Waals surface area contributed by atoms with Gasteiger partial charge in [-0.2, -0.15) is 0 Å². The molecule has 0 atom stereocenters. The molecule has 0 unspecified atom stereocenters. The van der Waals surface area contributed by atoms with E-state index in [4.69, 9.17) is 9.52 Å². The van der Waals surface area contributed by atoms with Crippen molar-refractivity contribution in [1.82, 2.24) is 4.72 Å². The van der Waals surface area contributed by atoms with E-state index in [2.05, 4.69) is 15.4 Å². The number of para-hydroxylation sites is 1. The van der Waals surface area contributed by atoms with Crippen molar-refractivity contribution in [3.8, 4) is 11.1 Å². The van der Waals surface area contributed by atoms with Crippen molar-refractivity contribution >= 4 is 66.6 Å². The Kier molecular flexibility index (Phi) is 10.3. The number of nitrogens with one attached hydrogen (secondary N) is 3. The first-order valence-electron chi connectivity index (χ1n) is 16.6. The zero-order valence-corrected chi connectivity index (χ0v) is 29.0. The molecule has 0 fully saturated rings.